The molecule has 0 bridgehead atoms. The zero-order valence-corrected chi connectivity index (χ0v) is 12.3. The molecule has 0 fully saturated rings. The normalized spacial score (nSPS) is 8.38. The van der Waals surface area contributed by atoms with E-state index in [4.69, 9.17) is 4.74 Å². The quantitative estimate of drug-likeness (QED) is 0.623. The number of ether oxygens (including phenoxy) is 1. The second kappa shape index (κ2) is 11.0. The van der Waals surface area contributed by atoms with E-state index >= 15 is 0 Å². The van der Waals surface area contributed by atoms with Crippen LogP contribution in [0.4, 0.5) is 0 Å². The Morgan fingerprint density at radius 1 is 1.38 bits per heavy atom. The molecule has 1 heterocycles. The molecule has 0 saturated carbocycles. The van der Waals surface area contributed by atoms with Gasteiger partial charge < -0.3 is 21.7 Å². The van der Waals surface area contributed by atoms with E-state index in [-0.39, 0.29) is 17.0 Å². The van der Waals surface area contributed by atoms with Crippen molar-refractivity contribution in [1.82, 2.24) is 0 Å². The van der Waals surface area contributed by atoms with Crippen molar-refractivity contribution in [1.29, 1.82) is 0 Å². The Morgan fingerprint density at radius 3 is 2.00 bits per heavy atom. The number of rotatable bonds is 2. The molecule has 1 nitrogen and oxygen atoms in total. The molecule has 0 atom stereocenters. The van der Waals surface area contributed by atoms with Crippen molar-refractivity contribution < 1.29 is 21.7 Å². The number of hydrogen-bond donors (Lipinski definition) is 0. The van der Waals surface area contributed by atoms with E-state index in [1.165, 1.54) is 8.57 Å². The van der Waals surface area contributed by atoms with Gasteiger partial charge in [-0.05, 0) is 13.8 Å². The third kappa shape index (κ3) is 9.22. The molecule has 0 unspecified atom stereocenters. The van der Waals surface area contributed by atoms with Crippen LogP contribution in [0.15, 0.2) is 11.4 Å². The van der Waals surface area contributed by atoms with Crippen molar-refractivity contribution >= 4 is 36.7 Å². The minimum atomic E-state index is 0. The standard InChI is InChI=1S/C5H5S.C4H10O.BrH.Mg/c1-5-3-2-4-6-5;1-3-5-4-2;;/h2,4H,1H3;3-4H2,1-2H3;1H;/q;;;+1/p-1. The van der Waals surface area contributed by atoms with Crippen LogP contribution >= 0.6 is 11.3 Å². The van der Waals surface area contributed by atoms with Crippen molar-refractivity contribution in [2.75, 3.05) is 13.2 Å². The van der Waals surface area contributed by atoms with Gasteiger partial charge in [-0.2, -0.15) is 0 Å². The summed E-state index contributed by atoms with van der Waals surface area (Å²) in [6.45, 7) is 7.81. The number of halogens is 1. The van der Waals surface area contributed by atoms with Gasteiger partial charge in [-0.3, -0.25) is 0 Å². The summed E-state index contributed by atoms with van der Waals surface area (Å²) >= 11 is 3.76. The van der Waals surface area contributed by atoms with E-state index in [0.717, 1.165) is 13.2 Å². The van der Waals surface area contributed by atoms with Crippen LogP contribution in [-0.4, -0.2) is 34.9 Å². The molecule has 0 saturated heterocycles. The fraction of sp³-hybridized carbons (Fsp3) is 0.556. The van der Waals surface area contributed by atoms with Gasteiger partial charge in [-0.1, -0.05) is 0 Å². The van der Waals surface area contributed by atoms with Crippen LogP contribution in [0.1, 0.15) is 18.7 Å². The predicted molar refractivity (Wildman–Crippen MR) is 56.6 cm³/mol. The summed E-state index contributed by atoms with van der Waals surface area (Å²) < 4.78 is 6.27. The minimum Gasteiger partial charge on any atom is -1.00 e. The molecule has 0 aliphatic heterocycles. The SMILES string of the molecule is CCOCC.Cc1scc[c]1[Mg+].[Br-]. The van der Waals surface area contributed by atoms with Crippen molar-refractivity contribution in [3.63, 3.8) is 0 Å². The summed E-state index contributed by atoms with van der Waals surface area (Å²) in [6.07, 6.45) is 0. The number of hydrogen-bond acceptors (Lipinski definition) is 2. The van der Waals surface area contributed by atoms with Gasteiger partial charge in [0.1, 0.15) is 0 Å². The molecule has 0 aliphatic rings. The van der Waals surface area contributed by atoms with Gasteiger partial charge in [0.25, 0.3) is 0 Å². The summed E-state index contributed by atoms with van der Waals surface area (Å²) in [5.41, 5.74) is 0. The zero-order chi connectivity index (χ0) is 9.40. The molecule has 0 N–H and O–H groups in total. The van der Waals surface area contributed by atoms with Crippen molar-refractivity contribution in [3.8, 4) is 0 Å². The van der Waals surface area contributed by atoms with Crippen molar-refractivity contribution in [3.05, 3.63) is 16.3 Å². The van der Waals surface area contributed by atoms with Crippen LogP contribution in [-0.2, 0) is 4.74 Å². The molecule has 1 aromatic heterocycles. The molecule has 1 aromatic rings. The van der Waals surface area contributed by atoms with E-state index in [2.05, 4.69) is 18.4 Å². The summed E-state index contributed by atoms with van der Waals surface area (Å²) in [6, 6.07) is 2.15. The first kappa shape index (κ1) is 16.3. The average Bonchev–Trinajstić information content (AvgIpc) is 2.39. The van der Waals surface area contributed by atoms with Gasteiger partial charge in [-0.25, -0.2) is 0 Å². The van der Waals surface area contributed by atoms with Gasteiger partial charge in [0.2, 0.25) is 0 Å². The summed E-state index contributed by atoms with van der Waals surface area (Å²) in [5, 5.41) is 2.12. The molecule has 0 radical (unpaired) electrons. The molecule has 0 aromatic carbocycles. The number of thiophene rings is 1. The van der Waals surface area contributed by atoms with Crippen LogP contribution in [0.3, 0.4) is 0 Å². The van der Waals surface area contributed by atoms with E-state index in [1.807, 2.05) is 46.9 Å². The molecular weight excluding hydrogens is 260 g/mol. The largest absolute Gasteiger partial charge is 1.00 e. The minimum absolute atomic E-state index is 0. The second-order valence-corrected chi connectivity index (χ2v) is 4.17. The van der Waals surface area contributed by atoms with Crippen LogP contribution in [0.5, 0.6) is 0 Å². The van der Waals surface area contributed by atoms with Gasteiger partial charge in [0.05, 0.1) is 0 Å². The van der Waals surface area contributed by atoms with Gasteiger partial charge >= 0.3 is 60.0 Å². The first-order valence-electron chi connectivity index (χ1n) is 4.16. The van der Waals surface area contributed by atoms with Gasteiger partial charge in [0.15, 0.2) is 0 Å². The van der Waals surface area contributed by atoms with E-state index < -0.39 is 0 Å². The summed E-state index contributed by atoms with van der Waals surface area (Å²) in [4.78, 5) is 1.44. The summed E-state index contributed by atoms with van der Waals surface area (Å²) in [5.74, 6) is 0. The van der Waals surface area contributed by atoms with E-state index in [0.29, 0.717) is 0 Å². The second-order valence-electron chi connectivity index (χ2n) is 2.28. The number of aryl methyl sites for hydroxylation is 1. The monoisotopic (exact) mass is 274 g/mol. The Kier molecular flexibility index (Phi) is 13.8. The molecule has 0 amide bonds. The third-order valence-corrected chi connectivity index (χ3v) is 3.28. The average molecular weight is 275 g/mol. The predicted octanol–water partition coefficient (Wildman–Crippen LogP) is -1.10. The molecule has 13 heavy (non-hydrogen) atoms. The Morgan fingerprint density at radius 2 is 1.92 bits per heavy atom. The first-order valence-corrected chi connectivity index (χ1v) is 5.74. The van der Waals surface area contributed by atoms with Crippen LogP contribution < -0.4 is 20.7 Å². The molecule has 72 valence electrons. The van der Waals surface area contributed by atoms with E-state index in [1.54, 1.807) is 0 Å². The van der Waals surface area contributed by atoms with Crippen LogP contribution in [0.2, 0.25) is 0 Å². The fourth-order valence-electron chi connectivity index (χ4n) is 0.615. The molecule has 4 heteroatoms. The van der Waals surface area contributed by atoms with Gasteiger partial charge in [0, 0.05) is 13.2 Å². The fourth-order valence-corrected chi connectivity index (χ4v) is 1.81. The van der Waals surface area contributed by atoms with Crippen LogP contribution in [0.25, 0.3) is 0 Å². The Bertz CT molecular complexity index is 185. The van der Waals surface area contributed by atoms with Gasteiger partial charge in [-0.15, -0.1) is 0 Å². The van der Waals surface area contributed by atoms with Crippen molar-refractivity contribution in [2.45, 2.75) is 20.8 Å². The Balaban J connectivity index is 0. The topological polar surface area (TPSA) is 9.23 Å². The summed E-state index contributed by atoms with van der Waals surface area (Å²) in [7, 11) is 0. The maximum absolute atomic E-state index is 4.83. The molecule has 1 rings (SSSR count). The zero-order valence-electron chi connectivity index (χ0n) is 8.47. The first-order chi connectivity index (χ1) is 5.72. The van der Waals surface area contributed by atoms with Crippen LogP contribution in [0, 0.1) is 6.92 Å². The molecule has 0 spiro atoms. The Labute approximate surface area is 108 Å². The molecular formula is C9H15BrMgOS. The smallest absolute Gasteiger partial charge is 1.00 e. The van der Waals surface area contributed by atoms with E-state index in [9.17, 15) is 0 Å². The third-order valence-electron chi connectivity index (χ3n) is 1.37. The Hall–Kier alpha value is 0.906. The molecule has 0 aliphatic carbocycles. The maximum atomic E-state index is 4.83. The maximum Gasteiger partial charge on any atom is -1.00 e. The van der Waals surface area contributed by atoms with Crippen molar-refractivity contribution in [2.24, 2.45) is 0 Å².